The number of hydrogen-bond acceptors (Lipinski definition) is 6. The van der Waals surface area contributed by atoms with Crippen LogP contribution in [0.15, 0.2) is 12.1 Å². The number of anilines is 1. The van der Waals surface area contributed by atoms with E-state index in [-0.39, 0.29) is 16.3 Å². The summed E-state index contributed by atoms with van der Waals surface area (Å²) in [5.74, 6) is -1.33. The number of carboxylic acid groups (broad SMARTS) is 1. The average Bonchev–Trinajstić information content (AvgIpc) is 2.26. The smallest absolute Gasteiger partial charge is 0.306 e. The third-order valence-corrected chi connectivity index (χ3v) is 2.74. The minimum absolute atomic E-state index is 0.0972. The first-order chi connectivity index (χ1) is 8.73. The number of hydrogen-bond donors (Lipinski definition) is 4. The number of halogens is 1. The maximum atomic E-state index is 10.7. The first kappa shape index (κ1) is 15.2. The van der Waals surface area contributed by atoms with Crippen LogP contribution < -0.4 is 5.73 Å². The van der Waals surface area contributed by atoms with E-state index >= 15 is 0 Å². The van der Waals surface area contributed by atoms with Gasteiger partial charge in [0.1, 0.15) is 11.8 Å². The predicted molar refractivity (Wildman–Crippen MR) is 65.7 cm³/mol. The predicted octanol–water partition coefficient (Wildman–Crippen LogP) is 0.699. The zero-order valence-electron chi connectivity index (χ0n) is 9.49. The van der Waals surface area contributed by atoms with Crippen molar-refractivity contribution < 1.29 is 25.0 Å². The summed E-state index contributed by atoms with van der Waals surface area (Å²) in [6.45, 7) is 0. The highest BCUT2D eigenvalue weighted by atomic mass is 35.5. The van der Waals surface area contributed by atoms with Crippen molar-refractivity contribution in [3.63, 3.8) is 0 Å². The summed E-state index contributed by atoms with van der Waals surface area (Å²) in [7, 11) is 0. The monoisotopic (exact) mass is 290 g/mol. The molecule has 0 bridgehead atoms. The maximum Gasteiger partial charge on any atom is 0.306 e. The molecule has 1 aromatic carbocycles. The van der Waals surface area contributed by atoms with Crippen LogP contribution >= 0.6 is 11.6 Å². The maximum absolute atomic E-state index is 10.7. The Hall–Kier alpha value is -1.90. The fourth-order valence-corrected chi connectivity index (χ4v) is 1.76. The van der Waals surface area contributed by atoms with Gasteiger partial charge in [0, 0.05) is 16.7 Å². The Kier molecular flexibility index (Phi) is 4.65. The molecule has 2 atom stereocenters. The minimum Gasteiger partial charge on any atom is -0.481 e. The molecule has 0 aliphatic heterocycles. The summed E-state index contributed by atoms with van der Waals surface area (Å²) < 4.78 is 0. The number of aliphatic hydroxyl groups is 2. The molecule has 0 amide bonds. The van der Waals surface area contributed by atoms with E-state index in [9.17, 15) is 25.1 Å². The summed E-state index contributed by atoms with van der Waals surface area (Å²) in [5.41, 5.74) is 4.55. The Bertz CT molecular complexity index is 521. The topological polar surface area (TPSA) is 147 Å². The highest BCUT2D eigenvalue weighted by Gasteiger charge is 2.26. The SMILES string of the molecule is Nc1cc(Cl)c(C(O)C(O)CC(=O)O)cc1[N+](=O)[O-]. The van der Waals surface area contributed by atoms with Crippen molar-refractivity contribution in [2.24, 2.45) is 0 Å². The third-order valence-electron chi connectivity index (χ3n) is 2.41. The van der Waals surface area contributed by atoms with Crippen molar-refractivity contribution in [1.82, 2.24) is 0 Å². The Morgan fingerprint density at radius 1 is 1.47 bits per heavy atom. The van der Waals surface area contributed by atoms with Crippen LogP contribution in [-0.2, 0) is 4.79 Å². The second kappa shape index (κ2) is 5.83. The molecule has 1 rings (SSSR count). The van der Waals surface area contributed by atoms with E-state index in [1.807, 2.05) is 0 Å². The Labute approximate surface area is 112 Å². The van der Waals surface area contributed by atoms with Gasteiger partial charge >= 0.3 is 5.97 Å². The van der Waals surface area contributed by atoms with E-state index in [2.05, 4.69) is 0 Å². The number of benzene rings is 1. The van der Waals surface area contributed by atoms with Crippen LogP contribution in [0.3, 0.4) is 0 Å². The van der Waals surface area contributed by atoms with Crippen molar-refractivity contribution >= 4 is 28.9 Å². The largest absolute Gasteiger partial charge is 0.481 e. The molecule has 104 valence electrons. The molecule has 5 N–H and O–H groups in total. The number of carboxylic acids is 1. The second-order valence-electron chi connectivity index (χ2n) is 3.80. The lowest BCUT2D eigenvalue weighted by atomic mass is 10.0. The summed E-state index contributed by atoms with van der Waals surface area (Å²) in [6.07, 6.45) is -4.03. The van der Waals surface area contributed by atoms with Gasteiger partial charge in [-0.15, -0.1) is 0 Å². The molecule has 2 unspecified atom stereocenters. The molecule has 1 aromatic rings. The van der Waals surface area contributed by atoms with E-state index < -0.39 is 35.2 Å². The fraction of sp³-hybridized carbons (Fsp3) is 0.300. The normalized spacial score (nSPS) is 13.8. The Balaban J connectivity index is 3.15. The minimum atomic E-state index is -1.66. The van der Waals surface area contributed by atoms with Gasteiger partial charge in [0.25, 0.3) is 5.69 Å². The van der Waals surface area contributed by atoms with Crippen LogP contribution in [0, 0.1) is 10.1 Å². The second-order valence-corrected chi connectivity index (χ2v) is 4.21. The Morgan fingerprint density at radius 3 is 2.53 bits per heavy atom. The van der Waals surface area contributed by atoms with Crippen molar-refractivity contribution in [2.75, 3.05) is 5.73 Å². The van der Waals surface area contributed by atoms with Crippen molar-refractivity contribution in [2.45, 2.75) is 18.6 Å². The molecule has 19 heavy (non-hydrogen) atoms. The molecular weight excluding hydrogens is 280 g/mol. The summed E-state index contributed by atoms with van der Waals surface area (Å²) in [6, 6.07) is 1.97. The lowest BCUT2D eigenvalue weighted by Gasteiger charge is -2.17. The van der Waals surface area contributed by atoms with Crippen LogP contribution in [0.2, 0.25) is 5.02 Å². The van der Waals surface area contributed by atoms with E-state index in [1.54, 1.807) is 0 Å². The van der Waals surface area contributed by atoms with Crippen LogP contribution in [0.25, 0.3) is 0 Å². The first-order valence-corrected chi connectivity index (χ1v) is 5.43. The third kappa shape index (κ3) is 3.53. The summed E-state index contributed by atoms with van der Waals surface area (Å²) >= 11 is 5.76. The van der Waals surface area contributed by atoms with Crippen LogP contribution in [0.5, 0.6) is 0 Å². The summed E-state index contributed by atoms with van der Waals surface area (Å²) in [4.78, 5) is 20.4. The molecule has 0 aliphatic carbocycles. The molecule has 0 saturated carbocycles. The van der Waals surface area contributed by atoms with Crippen molar-refractivity contribution in [1.29, 1.82) is 0 Å². The number of carbonyl (C=O) groups is 1. The van der Waals surface area contributed by atoms with Crippen LogP contribution in [-0.4, -0.2) is 32.3 Å². The highest BCUT2D eigenvalue weighted by molar-refractivity contribution is 6.31. The van der Waals surface area contributed by atoms with E-state index in [1.165, 1.54) is 0 Å². The van der Waals surface area contributed by atoms with Gasteiger partial charge in [-0.1, -0.05) is 11.6 Å². The van der Waals surface area contributed by atoms with Gasteiger partial charge < -0.3 is 21.1 Å². The Morgan fingerprint density at radius 2 is 2.05 bits per heavy atom. The van der Waals surface area contributed by atoms with E-state index in [0.29, 0.717) is 0 Å². The number of nitrogens with zero attached hydrogens (tertiary/aromatic N) is 1. The quantitative estimate of drug-likeness (QED) is 0.354. The molecule has 8 nitrogen and oxygen atoms in total. The van der Waals surface area contributed by atoms with Gasteiger partial charge in [-0.05, 0) is 6.07 Å². The molecule has 9 heteroatoms. The molecule has 0 saturated heterocycles. The number of aliphatic hydroxyl groups excluding tert-OH is 2. The number of rotatable bonds is 5. The van der Waals surface area contributed by atoms with Gasteiger partial charge in [-0.3, -0.25) is 14.9 Å². The van der Waals surface area contributed by atoms with Gasteiger partial charge in [-0.2, -0.15) is 0 Å². The van der Waals surface area contributed by atoms with E-state index in [4.69, 9.17) is 22.4 Å². The van der Waals surface area contributed by atoms with Crippen LogP contribution in [0.1, 0.15) is 18.1 Å². The number of nitro groups is 1. The first-order valence-electron chi connectivity index (χ1n) is 5.05. The molecule has 0 fully saturated rings. The lowest BCUT2D eigenvalue weighted by Crippen LogP contribution is -2.22. The van der Waals surface area contributed by atoms with Gasteiger partial charge in [0.15, 0.2) is 0 Å². The number of nitro benzene ring substituents is 1. The molecule has 0 heterocycles. The van der Waals surface area contributed by atoms with E-state index in [0.717, 1.165) is 12.1 Å². The lowest BCUT2D eigenvalue weighted by molar-refractivity contribution is -0.384. The molecule has 0 spiro atoms. The van der Waals surface area contributed by atoms with Gasteiger partial charge in [-0.25, -0.2) is 0 Å². The highest BCUT2D eigenvalue weighted by Crippen LogP contribution is 2.34. The number of aliphatic carboxylic acids is 1. The van der Waals surface area contributed by atoms with Gasteiger partial charge in [0.05, 0.1) is 17.4 Å². The fourth-order valence-electron chi connectivity index (χ4n) is 1.48. The zero-order chi connectivity index (χ0) is 14.7. The van der Waals surface area contributed by atoms with Crippen LogP contribution in [0.4, 0.5) is 11.4 Å². The zero-order valence-corrected chi connectivity index (χ0v) is 10.2. The standard InChI is InChI=1S/C10H11ClN2O6/c11-5-2-6(12)7(13(18)19)1-4(5)10(17)8(14)3-9(15)16/h1-2,8,10,14,17H,3,12H2,(H,15,16). The molecular formula is C10H11ClN2O6. The molecule has 0 aromatic heterocycles. The molecule has 0 radical (unpaired) electrons. The molecule has 0 aliphatic rings. The average molecular weight is 291 g/mol. The van der Waals surface area contributed by atoms with Crippen molar-refractivity contribution in [3.05, 3.63) is 32.8 Å². The number of nitrogens with two attached hydrogens (primary N) is 1. The van der Waals surface area contributed by atoms with Crippen molar-refractivity contribution in [3.8, 4) is 0 Å². The number of nitrogen functional groups attached to an aromatic ring is 1. The van der Waals surface area contributed by atoms with Gasteiger partial charge in [0.2, 0.25) is 0 Å². The summed E-state index contributed by atoms with van der Waals surface area (Å²) in [5, 5.41) is 38.3.